The molecule has 14 heteroatoms. The largest absolute Gasteiger partial charge is 0.497 e. The minimum Gasteiger partial charge on any atom is -0.497 e. The number of amides is 4. The molecule has 3 aromatic carbocycles. The zero-order valence-electron chi connectivity index (χ0n) is 33.4. The number of benzene rings is 3. The number of unbranched alkanes of at least 4 members (excludes halogenated alkanes) is 1. The second-order valence-corrected chi connectivity index (χ2v) is 15.4. The second-order valence-electron chi connectivity index (χ2n) is 14.3. The van der Waals surface area contributed by atoms with E-state index in [2.05, 4.69) is 26.6 Å². The monoisotopic (exact) mass is 790 g/mol. The molecule has 0 fully saturated rings. The highest BCUT2D eigenvalue weighted by Gasteiger charge is 2.35. The average Bonchev–Trinajstić information content (AvgIpc) is 3.16. The van der Waals surface area contributed by atoms with Crippen LogP contribution >= 0.6 is 11.8 Å². The SMILES string of the molecule is CN[C@@H](CSCC[C@H](NC(C)=O)C(C)=O)C(=O)N[C@@H](Cc1ccc(OC)cc1)C(=O)N[C@@H](Cc1ccc2ccccc2c1)C(=O)N[C@@](C)(CCCCN)C(C)=O. The maximum Gasteiger partial charge on any atom is 0.243 e. The lowest BCUT2D eigenvalue weighted by Crippen LogP contribution is -2.60. The summed E-state index contributed by atoms with van der Waals surface area (Å²) < 4.78 is 5.30. The Bertz CT molecular complexity index is 1810. The Hall–Kier alpha value is -4.79. The summed E-state index contributed by atoms with van der Waals surface area (Å²) in [7, 11) is 3.19. The Morgan fingerprint density at radius 3 is 1.95 bits per heavy atom. The Morgan fingerprint density at radius 2 is 1.36 bits per heavy atom. The summed E-state index contributed by atoms with van der Waals surface area (Å²) in [6, 6.07) is 17.3. The molecular formula is C42H58N6O7S. The standard InChI is InChI=1S/C42H58N6O7S/c1-27(49)35(45-29(3)51)19-22-56-26-38(44-5)40(53)46-36(24-30-14-17-34(55-6)18-15-30)39(52)47-37(25-31-13-16-32-11-7-8-12-33(32)23-31)41(54)48-42(4,28(2)50)20-9-10-21-43/h7-8,11-18,23,35-38,44H,9-10,19-22,24-26,43H2,1-6H3,(H,45,51)(H,46,53)(H,47,52)(H,48,54)/t35-,36-,37-,38-,42-/m0/s1. The molecule has 0 aliphatic carbocycles. The van der Waals surface area contributed by atoms with Crippen molar-refractivity contribution in [3.8, 4) is 5.75 Å². The molecule has 0 aliphatic rings. The number of methoxy groups -OCH3 is 1. The normalized spacial score (nSPS) is 14.3. The third-order valence-corrected chi connectivity index (χ3v) is 10.9. The zero-order valence-corrected chi connectivity index (χ0v) is 34.2. The van der Waals surface area contributed by atoms with E-state index in [1.54, 1.807) is 45.3 Å². The molecule has 0 radical (unpaired) electrons. The van der Waals surface area contributed by atoms with Crippen molar-refractivity contribution in [2.45, 2.75) is 95.9 Å². The van der Waals surface area contributed by atoms with Crippen LogP contribution in [0.15, 0.2) is 66.7 Å². The lowest BCUT2D eigenvalue weighted by molar-refractivity contribution is -0.135. The fourth-order valence-electron chi connectivity index (χ4n) is 6.19. The number of fused-ring (bicyclic) bond motifs is 1. The van der Waals surface area contributed by atoms with Gasteiger partial charge in [0.1, 0.15) is 17.8 Å². The van der Waals surface area contributed by atoms with Gasteiger partial charge < -0.3 is 37.1 Å². The molecule has 56 heavy (non-hydrogen) atoms. The number of likely N-dealkylation sites (N-methyl/N-ethyl adjacent to an activating group) is 1. The van der Waals surface area contributed by atoms with Gasteiger partial charge in [0.05, 0.1) is 24.7 Å². The van der Waals surface area contributed by atoms with Gasteiger partial charge in [0.2, 0.25) is 23.6 Å². The van der Waals surface area contributed by atoms with Crippen molar-refractivity contribution in [2.24, 2.45) is 5.73 Å². The predicted octanol–water partition coefficient (Wildman–Crippen LogP) is 3.00. The van der Waals surface area contributed by atoms with Crippen LogP contribution in [0.4, 0.5) is 0 Å². The van der Waals surface area contributed by atoms with Crippen LogP contribution in [0.25, 0.3) is 10.8 Å². The van der Waals surface area contributed by atoms with Crippen molar-refractivity contribution >= 4 is 57.7 Å². The van der Waals surface area contributed by atoms with E-state index in [0.29, 0.717) is 49.5 Å². The molecule has 13 nitrogen and oxygen atoms in total. The first kappa shape index (κ1) is 45.6. The number of rotatable bonds is 24. The molecule has 0 spiro atoms. The molecule has 3 aromatic rings. The zero-order chi connectivity index (χ0) is 41.3. The number of hydrogen-bond donors (Lipinski definition) is 6. The molecule has 0 unspecified atom stereocenters. The fourth-order valence-corrected chi connectivity index (χ4v) is 7.31. The molecule has 5 atom stereocenters. The van der Waals surface area contributed by atoms with Crippen molar-refractivity contribution in [1.29, 1.82) is 0 Å². The minimum atomic E-state index is -1.18. The van der Waals surface area contributed by atoms with E-state index in [1.165, 1.54) is 32.5 Å². The fraction of sp³-hybridized carbons (Fsp3) is 0.476. The van der Waals surface area contributed by atoms with Gasteiger partial charge in [0.15, 0.2) is 11.6 Å². The number of nitrogens with one attached hydrogen (secondary N) is 5. The summed E-state index contributed by atoms with van der Waals surface area (Å²) in [4.78, 5) is 78.6. The summed E-state index contributed by atoms with van der Waals surface area (Å²) >= 11 is 1.43. The first-order valence-corrected chi connectivity index (χ1v) is 20.1. The van der Waals surface area contributed by atoms with Gasteiger partial charge in [0.25, 0.3) is 0 Å². The summed E-state index contributed by atoms with van der Waals surface area (Å²) in [5.41, 5.74) is 6.06. The Morgan fingerprint density at radius 1 is 0.750 bits per heavy atom. The van der Waals surface area contributed by atoms with Crippen molar-refractivity contribution in [3.63, 3.8) is 0 Å². The summed E-state index contributed by atoms with van der Waals surface area (Å²) in [6.45, 7) is 6.35. The van der Waals surface area contributed by atoms with Gasteiger partial charge >= 0.3 is 0 Å². The lowest BCUT2D eigenvalue weighted by Gasteiger charge is -2.31. The van der Waals surface area contributed by atoms with Gasteiger partial charge in [-0.2, -0.15) is 11.8 Å². The first-order chi connectivity index (χ1) is 26.7. The van der Waals surface area contributed by atoms with Crippen LogP contribution in [0, 0.1) is 0 Å². The number of hydrogen-bond acceptors (Lipinski definition) is 10. The van der Waals surface area contributed by atoms with Crippen molar-refractivity contribution in [1.82, 2.24) is 26.6 Å². The van der Waals surface area contributed by atoms with Crippen LogP contribution in [0.1, 0.15) is 64.5 Å². The van der Waals surface area contributed by atoms with E-state index >= 15 is 0 Å². The molecule has 3 rings (SSSR count). The number of Topliss-reactive ketones (excluding diaryl/α,β-unsaturated/α-hetero) is 2. The highest BCUT2D eigenvalue weighted by Crippen LogP contribution is 2.20. The Labute approximate surface area is 334 Å². The van der Waals surface area contributed by atoms with E-state index in [1.807, 2.05) is 42.5 Å². The van der Waals surface area contributed by atoms with Crippen molar-refractivity contribution in [3.05, 3.63) is 77.9 Å². The smallest absolute Gasteiger partial charge is 0.243 e. The van der Waals surface area contributed by atoms with E-state index in [0.717, 1.165) is 21.9 Å². The maximum absolute atomic E-state index is 14.3. The van der Waals surface area contributed by atoms with Crippen molar-refractivity contribution < 1.29 is 33.5 Å². The van der Waals surface area contributed by atoms with Crippen LogP contribution < -0.4 is 37.1 Å². The third-order valence-electron chi connectivity index (χ3n) is 9.79. The van der Waals surface area contributed by atoms with E-state index in [9.17, 15) is 28.8 Å². The van der Waals surface area contributed by atoms with E-state index in [-0.39, 0.29) is 30.3 Å². The summed E-state index contributed by atoms with van der Waals surface area (Å²) in [5, 5.41) is 16.4. The number of ether oxygens (including phenoxy) is 1. The minimum absolute atomic E-state index is 0.108. The highest BCUT2D eigenvalue weighted by atomic mass is 32.2. The third kappa shape index (κ3) is 14.4. The van der Waals surface area contributed by atoms with Crippen LogP contribution in [0.5, 0.6) is 5.75 Å². The summed E-state index contributed by atoms with van der Waals surface area (Å²) in [6.07, 6.45) is 2.32. The van der Waals surface area contributed by atoms with Gasteiger partial charge in [0, 0.05) is 25.5 Å². The second kappa shape index (κ2) is 22.7. The molecule has 0 heterocycles. The van der Waals surface area contributed by atoms with Gasteiger partial charge in [-0.1, -0.05) is 54.6 Å². The van der Waals surface area contributed by atoms with Crippen molar-refractivity contribution in [2.75, 3.05) is 32.2 Å². The number of carbonyl (C=O) groups excluding carboxylic acids is 6. The molecule has 0 aliphatic heterocycles. The van der Waals surface area contributed by atoms with E-state index in [4.69, 9.17) is 10.5 Å². The number of carbonyl (C=O) groups is 6. The lowest BCUT2D eigenvalue weighted by atomic mass is 9.89. The van der Waals surface area contributed by atoms with Gasteiger partial charge in [-0.3, -0.25) is 28.8 Å². The Kier molecular flexibility index (Phi) is 18.5. The van der Waals surface area contributed by atoms with Gasteiger partial charge in [-0.15, -0.1) is 0 Å². The average molecular weight is 791 g/mol. The molecule has 7 N–H and O–H groups in total. The molecule has 0 aromatic heterocycles. The quantitative estimate of drug-likeness (QED) is 0.0734. The molecule has 0 saturated heterocycles. The molecule has 0 bridgehead atoms. The van der Waals surface area contributed by atoms with Crippen LogP contribution in [0.3, 0.4) is 0 Å². The van der Waals surface area contributed by atoms with Gasteiger partial charge in [-0.25, -0.2) is 0 Å². The molecular weight excluding hydrogens is 733 g/mol. The van der Waals surface area contributed by atoms with Crippen LogP contribution in [0.2, 0.25) is 0 Å². The van der Waals surface area contributed by atoms with Gasteiger partial charge in [-0.05, 0) is 99.8 Å². The maximum atomic E-state index is 14.3. The van der Waals surface area contributed by atoms with Crippen LogP contribution in [-0.2, 0) is 41.6 Å². The number of ketones is 2. The number of nitrogens with two attached hydrogens (primary N) is 1. The highest BCUT2D eigenvalue weighted by molar-refractivity contribution is 7.99. The predicted molar refractivity (Wildman–Crippen MR) is 221 cm³/mol. The summed E-state index contributed by atoms with van der Waals surface area (Å²) in [5.74, 6) is -0.748. The first-order valence-electron chi connectivity index (χ1n) is 19.0. The topological polar surface area (TPSA) is 198 Å². The molecule has 0 saturated carbocycles. The number of thioether (sulfide) groups is 1. The Balaban J connectivity index is 1.89. The molecule has 304 valence electrons. The molecule has 4 amide bonds. The van der Waals surface area contributed by atoms with Crippen LogP contribution in [-0.4, -0.2) is 97.1 Å². The van der Waals surface area contributed by atoms with E-state index < -0.39 is 47.4 Å².